The molecule has 0 atom stereocenters. The Morgan fingerprint density at radius 1 is 0.596 bits per heavy atom. The van der Waals surface area contributed by atoms with Gasteiger partial charge in [-0.05, 0) is 45.7 Å². The molecule has 0 saturated carbocycles. The van der Waals surface area contributed by atoms with Gasteiger partial charge in [0.15, 0.2) is 7.28 Å². The van der Waals surface area contributed by atoms with Gasteiger partial charge >= 0.3 is 0 Å². The van der Waals surface area contributed by atoms with Crippen molar-refractivity contribution in [2.24, 2.45) is 0 Å². The number of H-pyrrole nitrogens is 1. The van der Waals surface area contributed by atoms with Crippen LogP contribution in [0.1, 0.15) is 25.0 Å². The number of furan rings is 1. The molecule has 2 aromatic heterocycles. The monoisotopic (exact) mass is 599 g/mol. The number of benzene rings is 7. The highest BCUT2D eigenvalue weighted by atomic mass is 16.3. The van der Waals surface area contributed by atoms with Crippen molar-refractivity contribution in [1.29, 1.82) is 0 Å². The first kappa shape index (κ1) is 25.5. The summed E-state index contributed by atoms with van der Waals surface area (Å²) in [6.07, 6.45) is 0. The second kappa shape index (κ2) is 8.74. The molecular formula is C43H28BN2O. The quantitative estimate of drug-likeness (QED) is 0.191. The van der Waals surface area contributed by atoms with Gasteiger partial charge in [0.1, 0.15) is 11.2 Å². The number of nitrogens with one attached hydrogen (secondary N) is 1. The van der Waals surface area contributed by atoms with Gasteiger partial charge in [-0.1, -0.05) is 129 Å². The van der Waals surface area contributed by atoms with Gasteiger partial charge in [0, 0.05) is 38.2 Å². The molecule has 0 aliphatic carbocycles. The Morgan fingerprint density at radius 3 is 2.28 bits per heavy atom. The molecule has 0 fully saturated rings. The topological polar surface area (TPSA) is 32.2 Å². The first-order valence-electron chi connectivity index (χ1n) is 16.4. The molecule has 11 rings (SSSR count). The fourth-order valence-corrected chi connectivity index (χ4v) is 8.66. The highest BCUT2D eigenvalue weighted by molar-refractivity contribution is 6.74. The van der Waals surface area contributed by atoms with E-state index in [4.69, 9.17) is 4.42 Å². The average molecular weight is 600 g/mol. The van der Waals surface area contributed by atoms with Crippen molar-refractivity contribution < 1.29 is 4.42 Å². The third-order valence-corrected chi connectivity index (χ3v) is 10.8. The smallest absolute Gasteiger partial charge is 0.197 e. The molecule has 0 spiro atoms. The minimum absolute atomic E-state index is 0.141. The Kier molecular flexibility index (Phi) is 4.74. The molecule has 3 nitrogen and oxygen atoms in total. The van der Waals surface area contributed by atoms with Crippen molar-refractivity contribution in [1.82, 2.24) is 4.98 Å². The fraction of sp³-hybridized carbons (Fsp3) is 0.0698. The van der Waals surface area contributed by atoms with Crippen LogP contribution in [0.15, 0.2) is 132 Å². The van der Waals surface area contributed by atoms with Crippen LogP contribution in [-0.2, 0) is 5.41 Å². The van der Waals surface area contributed by atoms with E-state index in [2.05, 4.69) is 158 Å². The van der Waals surface area contributed by atoms with Gasteiger partial charge in [0.05, 0.1) is 27.8 Å². The molecule has 47 heavy (non-hydrogen) atoms. The first-order chi connectivity index (χ1) is 23.1. The highest BCUT2D eigenvalue weighted by Crippen LogP contribution is 2.54. The fourth-order valence-electron chi connectivity index (χ4n) is 8.66. The Labute approximate surface area is 272 Å². The second-order valence-corrected chi connectivity index (χ2v) is 13.6. The van der Waals surface area contributed by atoms with E-state index in [1.165, 1.54) is 71.7 Å². The number of hydrogen-bond donors (Lipinski definition) is 1. The van der Waals surface area contributed by atoms with Crippen LogP contribution >= 0.6 is 0 Å². The third-order valence-electron chi connectivity index (χ3n) is 10.8. The standard InChI is InChI=1S/C43H28BN2O/c1-43(2)31-16-6-7-19-34(31)46-41-32(43)17-10-18-33(41)44-38-30(23-36-37(42(38)46)29-13-5-8-20-35(29)47-36)27-15-9-14-26-28-22-21-24-11-3-4-12-25(24)39(28)45-40(26)27/h3-23,45H,1-2H3. The van der Waals surface area contributed by atoms with E-state index < -0.39 is 0 Å². The zero-order chi connectivity index (χ0) is 31.0. The highest BCUT2D eigenvalue weighted by Gasteiger charge is 2.42. The summed E-state index contributed by atoms with van der Waals surface area (Å²) in [6.45, 7) is 4.71. The zero-order valence-electron chi connectivity index (χ0n) is 26.1. The predicted octanol–water partition coefficient (Wildman–Crippen LogP) is 10.1. The van der Waals surface area contributed by atoms with Gasteiger partial charge in [0.2, 0.25) is 0 Å². The number of hydrogen-bond acceptors (Lipinski definition) is 2. The van der Waals surface area contributed by atoms with E-state index in [1.54, 1.807) is 0 Å². The molecule has 219 valence electrons. The van der Waals surface area contributed by atoms with Crippen LogP contribution in [0.5, 0.6) is 0 Å². The third kappa shape index (κ3) is 3.18. The average Bonchev–Trinajstić information content (AvgIpc) is 3.68. The molecule has 4 heterocycles. The van der Waals surface area contributed by atoms with E-state index in [0.29, 0.717) is 0 Å². The largest absolute Gasteiger partial charge is 0.456 e. The van der Waals surface area contributed by atoms with Gasteiger partial charge in [-0.2, -0.15) is 0 Å². The van der Waals surface area contributed by atoms with E-state index in [0.717, 1.165) is 33.0 Å². The number of para-hydroxylation sites is 4. The van der Waals surface area contributed by atoms with Crippen LogP contribution in [0.2, 0.25) is 0 Å². The van der Waals surface area contributed by atoms with Crippen LogP contribution in [0.25, 0.3) is 65.6 Å². The summed E-state index contributed by atoms with van der Waals surface area (Å²) in [7, 11) is 2.42. The Morgan fingerprint density at radius 2 is 1.34 bits per heavy atom. The molecule has 2 aliphatic heterocycles. The minimum atomic E-state index is -0.141. The molecule has 2 aliphatic rings. The van der Waals surface area contributed by atoms with Crippen molar-refractivity contribution in [3.8, 4) is 11.1 Å². The summed E-state index contributed by atoms with van der Waals surface area (Å²) in [5, 5.41) is 7.23. The van der Waals surface area contributed by atoms with Crippen molar-refractivity contribution in [2.75, 3.05) is 4.90 Å². The van der Waals surface area contributed by atoms with Crippen LogP contribution < -0.4 is 15.8 Å². The van der Waals surface area contributed by atoms with Gasteiger partial charge in [0.25, 0.3) is 0 Å². The molecule has 9 aromatic rings. The SMILES string of the molecule is CC1(C)c2ccccc2N2c3c(cccc31)[B]c1c(-c3cccc4c3[nH]c3c5ccccc5ccc43)cc3oc4ccccc4c3c12. The number of anilines is 3. The maximum atomic E-state index is 6.72. The normalized spacial score (nSPS) is 14.5. The lowest BCUT2D eigenvalue weighted by Crippen LogP contribution is -2.45. The summed E-state index contributed by atoms with van der Waals surface area (Å²) in [4.78, 5) is 6.44. The lowest BCUT2D eigenvalue weighted by Gasteiger charge is -2.46. The van der Waals surface area contributed by atoms with E-state index >= 15 is 0 Å². The van der Waals surface area contributed by atoms with Crippen molar-refractivity contribution in [3.05, 3.63) is 139 Å². The van der Waals surface area contributed by atoms with Crippen LogP contribution in [-0.4, -0.2) is 12.3 Å². The maximum Gasteiger partial charge on any atom is 0.197 e. The second-order valence-electron chi connectivity index (χ2n) is 13.6. The Bertz CT molecular complexity index is 2820. The predicted molar refractivity (Wildman–Crippen MR) is 198 cm³/mol. The molecule has 0 unspecified atom stereocenters. The molecule has 7 aromatic carbocycles. The summed E-state index contributed by atoms with van der Waals surface area (Å²) >= 11 is 0. The maximum absolute atomic E-state index is 6.72. The molecule has 0 amide bonds. The van der Waals surface area contributed by atoms with Crippen molar-refractivity contribution in [2.45, 2.75) is 19.3 Å². The number of aromatic nitrogens is 1. The lowest BCUT2D eigenvalue weighted by atomic mass is 9.55. The van der Waals surface area contributed by atoms with E-state index in [-0.39, 0.29) is 5.41 Å². The van der Waals surface area contributed by atoms with E-state index in [9.17, 15) is 0 Å². The van der Waals surface area contributed by atoms with Crippen LogP contribution in [0.3, 0.4) is 0 Å². The van der Waals surface area contributed by atoms with E-state index in [1.807, 2.05) is 0 Å². The number of fused-ring (bicyclic) bond motifs is 13. The molecule has 4 heteroatoms. The molecular weight excluding hydrogens is 571 g/mol. The van der Waals surface area contributed by atoms with Crippen LogP contribution in [0.4, 0.5) is 17.1 Å². The Hall–Kier alpha value is -5.74. The number of aromatic amines is 1. The van der Waals surface area contributed by atoms with Crippen molar-refractivity contribution >= 4 is 89.8 Å². The van der Waals surface area contributed by atoms with Crippen molar-refractivity contribution in [3.63, 3.8) is 0 Å². The summed E-state index contributed by atoms with van der Waals surface area (Å²) < 4.78 is 6.72. The van der Waals surface area contributed by atoms with Gasteiger partial charge in [-0.3, -0.25) is 0 Å². The van der Waals surface area contributed by atoms with Gasteiger partial charge in [-0.15, -0.1) is 0 Å². The summed E-state index contributed by atoms with van der Waals surface area (Å²) in [6, 6.07) is 46.3. The summed E-state index contributed by atoms with van der Waals surface area (Å²) in [5.41, 5.74) is 15.1. The Balaban J connectivity index is 1.30. The molecule has 0 bridgehead atoms. The minimum Gasteiger partial charge on any atom is -0.456 e. The van der Waals surface area contributed by atoms with Crippen LogP contribution in [0, 0.1) is 0 Å². The zero-order valence-corrected chi connectivity index (χ0v) is 26.1. The number of nitrogens with zero attached hydrogens (tertiary/aromatic N) is 1. The lowest BCUT2D eigenvalue weighted by molar-refractivity contribution is 0.632. The first-order valence-corrected chi connectivity index (χ1v) is 16.4. The number of rotatable bonds is 1. The van der Waals surface area contributed by atoms with Gasteiger partial charge < -0.3 is 14.3 Å². The molecule has 0 saturated heterocycles. The summed E-state index contributed by atoms with van der Waals surface area (Å²) in [5.74, 6) is 0. The molecule has 1 N–H and O–H groups in total. The molecule has 1 radical (unpaired) electrons. The van der Waals surface area contributed by atoms with Gasteiger partial charge in [-0.25, -0.2) is 0 Å².